The fourth-order valence-corrected chi connectivity index (χ4v) is 4.48. The fourth-order valence-electron chi connectivity index (χ4n) is 4.48. The van der Waals surface area contributed by atoms with E-state index in [4.69, 9.17) is 4.74 Å². The highest BCUT2D eigenvalue weighted by Gasteiger charge is 2.31. The van der Waals surface area contributed by atoms with E-state index in [-0.39, 0.29) is 6.09 Å². The average Bonchev–Trinajstić information content (AvgIpc) is 3.09. The SMILES string of the molecule is CCOC(=O)N1CCCC(N2CCC(C3=C=CC=CN=C3N(C)C)CC2)CC1. The van der Waals surface area contributed by atoms with Gasteiger partial charge in [-0.25, -0.2) is 9.79 Å². The van der Waals surface area contributed by atoms with Crippen molar-refractivity contribution >= 4 is 11.9 Å². The summed E-state index contributed by atoms with van der Waals surface area (Å²) in [5.74, 6) is 1.54. The molecule has 154 valence electrons. The Morgan fingerprint density at radius 2 is 2.00 bits per heavy atom. The van der Waals surface area contributed by atoms with Crippen LogP contribution in [0.25, 0.3) is 0 Å². The van der Waals surface area contributed by atoms with Crippen molar-refractivity contribution in [3.63, 3.8) is 0 Å². The predicted molar refractivity (Wildman–Crippen MR) is 112 cm³/mol. The van der Waals surface area contributed by atoms with Crippen LogP contribution in [-0.2, 0) is 4.74 Å². The lowest BCUT2D eigenvalue weighted by molar-refractivity contribution is 0.104. The van der Waals surface area contributed by atoms with Crippen LogP contribution in [0, 0.1) is 5.92 Å². The minimum atomic E-state index is -0.155. The van der Waals surface area contributed by atoms with Crippen molar-refractivity contribution in [3.05, 3.63) is 29.7 Å². The van der Waals surface area contributed by atoms with Gasteiger partial charge in [-0.3, -0.25) is 0 Å². The van der Waals surface area contributed by atoms with Gasteiger partial charge in [-0.1, -0.05) is 0 Å². The van der Waals surface area contributed by atoms with Gasteiger partial charge in [-0.15, -0.1) is 5.73 Å². The van der Waals surface area contributed by atoms with Gasteiger partial charge in [0, 0.05) is 45.0 Å². The number of piperidine rings is 1. The highest BCUT2D eigenvalue weighted by Crippen LogP contribution is 2.29. The van der Waals surface area contributed by atoms with E-state index in [9.17, 15) is 4.79 Å². The van der Waals surface area contributed by atoms with E-state index in [1.54, 1.807) is 0 Å². The molecule has 0 spiro atoms. The first-order valence-electron chi connectivity index (χ1n) is 10.6. The molecule has 0 aliphatic carbocycles. The zero-order valence-electron chi connectivity index (χ0n) is 17.6. The Bertz CT molecular complexity index is 668. The minimum Gasteiger partial charge on any atom is -0.450 e. The third kappa shape index (κ3) is 5.06. The van der Waals surface area contributed by atoms with E-state index >= 15 is 0 Å². The molecule has 3 rings (SSSR count). The summed E-state index contributed by atoms with van der Waals surface area (Å²) in [6, 6.07) is 0.572. The zero-order valence-corrected chi connectivity index (χ0v) is 17.6. The number of hydrogen-bond acceptors (Lipinski definition) is 5. The van der Waals surface area contributed by atoms with Crippen LogP contribution in [0.4, 0.5) is 4.79 Å². The third-order valence-corrected chi connectivity index (χ3v) is 5.96. The smallest absolute Gasteiger partial charge is 0.409 e. The summed E-state index contributed by atoms with van der Waals surface area (Å²) < 4.78 is 5.18. The van der Waals surface area contributed by atoms with Gasteiger partial charge in [0.1, 0.15) is 5.84 Å². The molecule has 6 nitrogen and oxygen atoms in total. The van der Waals surface area contributed by atoms with Crippen LogP contribution in [0.1, 0.15) is 39.0 Å². The average molecular weight is 387 g/mol. The van der Waals surface area contributed by atoms with Crippen LogP contribution >= 0.6 is 0 Å². The summed E-state index contributed by atoms with van der Waals surface area (Å²) in [7, 11) is 4.10. The van der Waals surface area contributed by atoms with Crippen molar-refractivity contribution in [3.8, 4) is 0 Å². The first kappa shape index (κ1) is 20.7. The van der Waals surface area contributed by atoms with Gasteiger partial charge in [-0.05, 0) is 70.2 Å². The molecule has 3 aliphatic heterocycles. The van der Waals surface area contributed by atoms with Gasteiger partial charge in [-0.2, -0.15) is 0 Å². The van der Waals surface area contributed by atoms with Crippen molar-refractivity contribution in [2.45, 2.75) is 45.1 Å². The van der Waals surface area contributed by atoms with Crippen LogP contribution in [0.5, 0.6) is 0 Å². The first-order chi connectivity index (χ1) is 13.6. The third-order valence-electron chi connectivity index (χ3n) is 5.96. The molecule has 6 heteroatoms. The maximum atomic E-state index is 12.0. The number of amides is 1. The molecule has 0 aromatic carbocycles. The zero-order chi connectivity index (χ0) is 19.9. The number of carbonyl (C=O) groups is 1. The molecule has 0 aromatic heterocycles. The Hall–Kier alpha value is -2.04. The summed E-state index contributed by atoms with van der Waals surface area (Å²) >= 11 is 0. The first-order valence-corrected chi connectivity index (χ1v) is 10.6. The second kappa shape index (κ2) is 9.94. The van der Waals surface area contributed by atoms with Crippen molar-refractivity contribution < 1.29 is 9.53 Å². The van der Waals surface area contributed by atoms with E-state index in [2.05, 4.69) is 34.6 Å². The fraction of sp³-hybridized carbons (Fsp3) is 0.682. The van der Waals surface area contributed by atoms with Crippen molar-refractivity contribution in [2.75, 3.05) is 46.9 Å². The number of amidine groups is 1. The number of likely N-dealkylation sites (tertiary alicyclic amines) is 2. The second-order valence-corrected chi connectivity index (χ2v) is 7.99. The van der Waals surface area contributed by atoms with Crippen molar-refractivity contribution in [1.29, 1.82) is 0 Å². The molecule has 0 N–H and O–H groups in total. The number of hydrogen-bond donors (Lipinski definition) is 0. The second-order valence-electron chi connectivity index (χ2n) is 7.99. The summed E-state index contributed by atoms with van der Waals surface area (Å²) in [5, 5.41) is 0. The summed E-state index contributed by atoms with van der Waals surface area (Å²) in [6.07, 6.45) is 11.2. The van der Waals surface area contributed by atoms with E-state index in [0.29, 0.717) is 18.6 Å². The Kier molecular flexibility index (Phi) is 7.35. The van der Waals surface area contributed by atoms with Gasteiger partial charge in [0.25, 0.3) is 0 Å². The lowest BCUT2D eigenvalue weighted by Crippen LogP contribution is -2.43. The van der Waals surface area contributed by atoms with E-state index < -0.39 is 0 Å². The molecule has 2 saturated heterocycles. The van der Waals surface area contributed by atoms with Gasteiger partial charge in [0.2, 0.25) is 0 Å². The molecule has 0 bridgehead atoms. The number of likely N-dealkylation sites (N-methyl/N-ethyl adjacent to an activating group) is 1. The Labute approximate surface area is 169 Å². The highest BCUT2D eigenvalue weighted by atomic mass is 16.6. The topological polar surface area (TPSA) is 48.4 Å². The molecule has 1 amide bonds. The van der Waals surface area contributed by atoms with E-state index in [1.165, 1.54) is 5.57 Å². The maximum Gasteiger partial charge on any atom is 0.409 e. The Morgan fingerprint density at radius 3 is 2.71 bits per heavy atom. The van der Waals surface area contributed by atoms with Gasteiger partial charge in [0.15, 0.2) is 0 Å². The van der Waals surface area contributed by atoms with Crippen LogP contribution < -0.4 is 0 Å². The number of allylic oxidation sites excluding steroid dienone is 1. The Morgan fingerprint density at radius 1 is 1.21 bits per heavy atom. The molecule has 1 unspecified atom stereocenters. The van der Waals surface area contributed by atoms with Crippen LogP contribution in [0.3, 0.4) is 0 Å². The van der Waals surface area contributed by atoms with Gasteiger partial charge >= 0.3 is 6.09 Å². The van der Waals surface area contributed by atoms with Crippen LogP contribution in [0.2, 0.25) is 0 Å². The predicted octanol–water partition coefficient (Wildman–Crippen LogP) is 3.28. The molecule has 3 aliphatic rings. The quantitative estimate of drug-likeness (QED) is 0.699. The lowest BCUT2D eigenvalue weighted by atomic mass is 9.87. The van der Waals surface area contributed by atoms with Crippen LogP contribution in [-0.4, -0.2) is 79.6 Å². The molecule has 2 fully saturated rings. The van der Waals surface area contributed by atoms with E-state index in [1.807, 2.05) is 30.2 Å². The summed E-state index contributed by atoms with van der Waals surface area (Å²) in [4.78, 5) is 23.2. The molecule has 1 atom stereocenters. The molecular formula is C22H34N4O2. The minimum absolute atomic E-state index is 0.155. The summed E-state index contributed by atoms with van der Waals surface area (Å²) in [6.45, 7) is 6.15. The molecule has 3 heterocycles. The Balaban J connectivity index is 1.55. The largest absolute Gasteiger partial charge is 0.450 e. The number of ether oxygens (including phenoxy) is 1. The van der Waals surface area contributed by atoms with Gasteiger partial charge < -0.3 is 19.4 Å². The normalized spacial score (nSPS) is 24.2. The molecule has 0 saturated carbocycles. The monoisotopic (exact) mass is 386 g/mol. The summed E-state index contributed by atoms with van der Waals surface area (Å²) in [5.41, 5.74) is 4.71. The van der Waals surface area contributed by atoms with Gasteiger partial charge in [0.05, 0.1) is 6.61 Å². The molecule has 28 heavy (non-hydrogen) atoms. The number of rotatable bonds is 3. The number of carbonyl (C=O) groups excluding carboxylic acids is 1. The number of nitrogens with zero attached hydrogens (tertiary/aromatic N) is 4. The molecule has 0 radical (unpaired) electrons. The van der Waals surface area contributed by atoms with Crippen LogP contribution in [0.15, 0.2) is 34.6 Å². The van der Waals surface area contributed by atoms with Crippen molar-refractivity contribution in [2.24, 2.45) is 10.9 Å². The van der Waals surface area contributed by atoms with Crippen molar-refractivity contribution in [1.82, 2.24) is 14.7 Å². The highest BCUT2D eigenvalue weighted by molar-refractivity contribution is 5.99. The van der Waals surface area contributed by atoms with E-state index in [0.717, 1.165) is 64.1 Å². The molecule has 0 aromatic rings. The standard InChI is InChI=1S/C22H34N4O2/c1-4-28-22(27)26-14-7-8-19(12-17-26)25-15-10-18(11-16-25)20-9-5-6-13-23-21(20)24(2)3/h5-6,13,18-19H,4,7-8,10-12,14-17H2,1-3H3. The maximum absolute atomic E-state index is 12.0. The number of aliphatic imine (C=N–C) groups is 1. The molecular weight excluding hydrogens is 352 g/mol. The lowest BCUT2D eigenvalue weighted by Gasteiger charge is -2.38.